The van der Waals surface area contributed by atoms with Crippen molar-refractivity contribution >= 4 is 10.9 Å². The van der Waals surface area contributed by atoms with Gasteiger partial charge in [-0.05, 0) is 91.2 Å². The molecule has 1 atom stereocenters. The SMILES string of the molecule is CCOc1ccc2[nH]c(=O)c([C@H](c3nnnn3Cc3ccc(OC)cc3)N3CCC(C)CC3)cc2c1. The summed E-state index contributed by atoms with van der Waals surface area (Å²) in [5.41, 5.74) is 2.32. The minimum atomic E-state index is -0.366. The van der Waals surface area contributed by atoms with Crippen LogP contribution in [-0.2, 0) is 6.54 Å². The maximum Gasteiger partial charge on any atom is 0.253 e. The molecule has 1 aliphatic rings. The first-order valence-corrected chi connectivity index (χ1v) is 12.5. The number of rotatable bonds is 8. The number of pyridine rings is 1. The summed E-state index contributed by atoms with van der Waals surface area (Å²) in [5.74, 6) is 2.88. The van der Waals surface area contributed by atoms with Gasteiger partial charge in [-0.2, -0.15) is 0 Å². The molecule has 36 heavy (non-hydrogen) atoms. The summed E-state index contributed by atoms with van der Waals surface area (Å²) in [5, 5.41) is 13.7. The monoisotopic (exact) mass is 488 g/mol. The number of fused-ring (bicyclic) bond motifs is 1. The molecule has 0 aliphatic carbocycles. The fraction of sp³-hybridized carbons (Fsp3) is 0.407. The number of H-pyrrole nitrogens is 1. The van der Waals surface area contributed by atoms with Crippen molar-refractivity contribution in [2.75, 3.05) is 26.8 Å². The van der Waals surface area contributed by atoms with Gasteiger partial charge in [0.1, 0.15) is 17.5 Å². The van der Waals surface area contributed by atoms with E-state index in [2.05, 4.69) is 32.3 Å². The van der Waals surface area contributed by atoms with Gasteiger partial charge in [-0.25, -0.2) is 4.68 Å². The summed E-state index contributed by atoms with van der Waals surface area (Å²) in [6, 6.07) is 15.2. The number of nitrogens with zero attached hydrogens (tertiary/aromatic N) is 5. The first kappa shape index (κ1) is 24.0. The molecule has 188 valence electrons. The number of aromatic amines is 1. The van der Waals surface area contributed by atoms with Crippen LogP contribution in [0.1, 0.15) is 49.7 Å². The molecule has 2 aromatic carbocycles. The highest BCUT2D eigenvalue weighted by atomic mass is 16.5. The highest BCUT2D eigenvalue weighted by Crippen LogP contribution is 2.31. The first-order valence-electron chi connectivity index (χ1n) is 12.5. The van der Waals surface area contributed by atoms with Crippen LogP contribution in [0.2, 0.25) is 0 Å². The van der Waals surface area contributed by atoms with Gasteiger partial charge in [-0.1, -0.05) is 19.1 Å². The predicted octanol–water partition coefficient (Wildman–Crippen LogP) is 3.79. The van der Waals surface area contributed by atoms with Gasteiger partial charge in [0, 0.05) is 16.5 Å². The second-order valence-corrected chi connectivity index (χ2v) is 9.40. The Morgan fingerprint density at radius 1 is 1.08 bits per heavy atom. The van der Waals surface area contributed by atoms with Gasteiger partial charge in [-0.15, -0.1) is 5.10 Å². The van der Waals surface area contributed by atoms with Crippen LogP contribution in [0.25, 0.3) is 10.9 Å². The Balaban J connectivity index is 1.57. The minimum absolute atomic E-state index is 0.130. The van der Waals surface area contributed by atoms with Gasteiger partial charge >= 0.3 is 0 Å². The molecule has 1 aliphatic heterocycles. The molecule has 3 heterocycles. The second-order valence-electron chi connectivity index (χ2n) is 9.40. The van der Waals surface area contributed by atoms with Crippen molar-refractivity contribution in [3.8, 4) is 11.5 Å². The molecule has 0 saturated carbocycles. The highest BCUT2D eigenvalue weighted by Gasteiger charge is 2.32. The molecule has 4 aromatic rings. The number of piperidine rings is 1. The molecule has 0 bridgehead atoms. The van der Waals surface area contributed by atoms with Gasteiger partial charge < -0.3 is 14.5 Å². The van der Waals surface area contributed by atoms with E-state index >= 15 is 0 Å². The van der Waals surface area contributed by atoms with Gasteiger partial charge in [0.15, 0.2) is 5.82 Å². The van der Waals surface area contributed by atoms with E-state index in [-0.39, 0.29) is 11.6 Å². The van der Waals surface area contributed by atoms with Crippen molar-refractivity contribution in [1.29, 1.82) is 0 Å². The zero-order chi connectivity index (χ0) is 25.1. The summed E-state index contributed by atoms with van der Waals surface area (Å²) in [4.78, 5) is 18.8. The lowest BCUT2D eigenvalue weighted by Gasteiger charge is -2.35. The molecular weight excluding hydrogens is 456 g/mol. The smallest absolute Gasteiger partial charge is 0.253 e. The topological polar surface area (TPSA) is 98.2 Å². The van der Waals surface area contributed by atoms with E-state index in [1.165, 1.54) is 0 Å². The number of benzene rings is 2. The normalized spacial score (nSPS) is 15.8. The van der Waals surface area contributed by atoms with Crippen LogP contribution in [0.5, 0.6) is 11.5 Å². The second kappa shape index (κ2) is 10.5. The van der Waals surface area contributed by atoms with Crippen LogP contribution in [0.3, 0.4) is 0 Å². The Morgan fingerprint density at radius 3 is 2.56 bits per heavy atom. The molecule has 2 aromatic heterocycles. The molecule has 1 fully saturated rings. The predicted molar refractivity (Wildman–Crippen MR) is 137 cm³/mol. The molecule has 1 N–H and O–H groups in total. The number of tetrazole rings is 1. The Labute approximate surface area is 210 Å². The van der Waals surface area contributed by atoms with Crippen molar-refractivity contribution in [3.63, 3.8) is 0 Å². The standard InChI is InChI=1S/C27H32N6O3/c1-4-36-22-9-10-24-20(15-22)16-23(27(34)28-24)25(32-13-11-18(2)12-14-32)26-29-30-31-33(26)17-19-5-7-21(35-3)8-6-19/h5-10,15-16,18,25H,4,11-14,17H2,1-3H3,(H,28,34)/t25-/m1/s1. The number of aromatic nitrogens is 5. The lowest BCUT2D eigenvalue weighted by Crippen LogP contribution is -2.40. The van der Waals surface area contributed by atoms with Gasteiger partial charge in [0.25, 0.3) is 5.56 Å². The van der Waals surface area contributed by atoms with E-state index in [1.54, 1.807) is 11.8 Å². The third kappa shape index (κ3) is 4.97. The van der Waals surface area contributed by atoms with Gasteiger partial charge in [0.2, 0.25) is 0 Å². The van der Waals surface area contributed by atoms with E-state index in [0.717, 1.165) is 53.9 Å². The largest absolute Gasteiger partial charge is 0.497 e. The van der Waals surface area contributed by atoms with Crippen LogP contribution >= 0.6 is 0 Å². The molecule has 0 spiro atoms. The Morgan fingerprint density at radius 2 is 1.83 bits per heavy atom. The number of hydrogen-bond acceptors (Lipinski definition) is 7. The third-order valence-corrected chi connectivity index (χ3v) is 6.93. The van der Waals surface area contributed by atoms with Crippen molar-refractivity contribution in [2.24, 2.45) is 5.92 Å². The molecule has 0 amide bonds. The number of methoxy groups -OCH3 is 1. The van der Waals surface area contributed by atoms with Crippen LogP contribution in [0, 0.1) is 5.92 Å². The average Bonchev–Trinajstić information content (AvgIpc) is 3.34. The zero-order valence-electron chi connectivity index (χ0n) is 21.0. The van der Waals surface area contributed by atoms with E-state index in [0.29, 0.717) is 30.5 Å². The molecule has 0 radical (unpaired) electrons. The van der Waals surface area contributed by atoms with E-state index < -0.39 is 0 Å². The van der Waals surface area contributed by atoms with Gasteiger partial charge in [-0.3, -0.25) is 9.69 Å². The van der Waals surface area contributed by atoms with Crippen molar-refractivity contribution in [2.45, 2.75) is 39.3 Å². The number of nitrogens with one attached hydrogen (secondary N) is 1. The summed E-state index contributed by atoms with van der Waals surface area (Å²) in [6.07, 6.45) is 2.13. The van der Waals surface area contributed by atoms with Crippen LogP contribution in [0.15, 0.2) is 53.3 Å². The maximum absolute atomic E-state index is 13.4. The summed E-state index contributed by atoms with van der Waals surface area (Å²) in [7, 11) is 1.65. The fourth-order valence-electron chi connectivity index (χ4n) is 4.87. The molecule has 5 rings (SSSR count). The number of hydrogen-bond donors (Lipinski definition) is 1. The Bertz CT molecular complexity index is 1370. The van der Waals surface area contributed by atoms with Crippen LogP contribution < -0.4 is 15.0 Å². The van der Waals surface area contributed by atoms with Crippen molar-refractivity contribution in [3.05, 3.63) is 75.8 Å². The maximum atomic E-state index is 13.4. The lowest BCUT2D eigenvalue weighted by atomic mass is 9.95. The lowest BCUT2D eigenvalue weighted by molar-refractivity contribution is 0.149. The third-order valence-electron chi connectivity index (χ3n) is 6.93. The summed E-state index contributed by atoms with van der Waals surface area (Å²) in [6.45, 7) is 7.05. The van der Waals surface area contributed by atoms with E-state index in [1.807, 2.05) is 55.5 Å². The number of ether oxygens (including phenoxy) is 2. The first-order chi connectivity index (χ1) is 17.6. The molecule has 9 nitrogen and oxygen atoms in total. The molecule has 9 heteroatoms. The summed E-state index contributed by atoms with van der Waals surface area (Å²) < 4.78 is 12.8. The fourth-order valence-corrected chi connectivity index (χ4v) is 4.87. The van der Waals surface area contributed by atoms with Gasteiger partial charge in [0.05, 0.1) is 20.3 Å². The minimum Gasteiger partial charge on any atom is -0.497 e. The molecule has 0 unspecified atom stereocenters. The zero-order valence-corrected chi connectivity index (χ0v) is 21.0. The quantitative estimate of drug-likeness (QED) is 0.403. The Kier molecular flexibility index (Phi) is 6.99. The van der Waals surface area contributed by atoms with E-state index in [4.69, 9.17) is 9.47 Å². The molecule has 1 saturated heterocycles. The Hall–Kier alpha value is -3.72. The highest BCUT2D eigenvalue weighted by molar-refractivity contribution is 5.80. The average molecular weight is 489 g/mol. The van der Waals surface area contributed by atoms with E-state index in [9.17, 15) is 4.79 Å². The van der Waals surface area contributed by atoms with Crippen LogP contribution in [-0.4, -0.2) is 56.9 Å². The van der Waals surface area contributed by atoms with Crippen molar-refractivity contribution in [1.82, 2.24) is 30.1 Å². The van der Waals surface area contributed by atoms with Crippen molar-refractivity contribution < 1.29 is 9.47 Å². The van der Waals surface area contributed by atoms with Crippen LogP contribution in [0.4, 0.5) is 0 Å². The molecular formula is C27H32N6O3. The number of likely N-dealkylation sites (tertiary alicyclic amines) is 1. The summed E-state index contributed by atoms with van der Waals surface area (Å²) >= 11 is 0.